The number of halogens is 1. The van der Waals surface area contributed by atoms with Crippen molar-refractivity contribution in [3.8, 4) is 5.88 Å². The van der Waals surface area contributed by atoms with Crippen molar-refractivity contribution in [3.05, 3.63) is 35.5 Å². The van der Waals surface area contributed by atoms with Gasteiger partial charge in [0.05, 0.1) is 18.8 Å². The van der Waals surface area contributed by atoms with Crippen LogP contribution in [0, 0.1) is 0 Å². The van der Waals surface area contributed by atoms with E-state index in [1.54, 1.807) is 6.08 Å². The molecule has 6 heteroatoms. The molecule has 0 spiro atoms. The summed E-state index contributed by atoms with van der Waals surface area (Å²) in [6.45, 7) is 5.15. The first-order chi connectivity index (χ1) is 9.20. The fourth-order valence-electron chi connectivity index (χ4n) is 1.67. The molecule has 0 saturated carbocycles. The fraction of sp³-hybridized carbons (Fsp3) is 0.385. The van der Waals surface area contributed by atoms with Gasteiger partial charge in [0, 0.05) is 19.2 Å². The molecule has 1 aliphatic rings. The van der Waals surface area contributed by atoms with Gasteiger partial charge in [-0.25, -0.2) is 4.98 Å². The summed E-state index contributed by atoms with van der Waals surface area (Å²) in [5.74, 6) is 0.0856. The molecule has 1 fully saturated rings. The number of carbonyl (C=O) groups excluding carboxylic acids is 1. The van der Waals surface area contributed by atoms with Crippen LogP contribution in [0.2, 0.25) is 5.02 Å². The smallest absolute Gasteiger partial charge is 0.253 e. The molecule has 102 valence electrons. The van der Waals surface area contributed by atoms with E-state index in [4.69, 9.17) is 21.1 Å². The molecular weight excluding hydrogens is 268 g/mol. The number of nitrogens with zero attached hydrogens (tertiary/aromatic N) is 1. The monoisotopic (exact) mass is 282 g/mol. The average Bonchev–Trinajstić information content (AvgIpc) is 2.91. The van der Waals surface area contributed by atoms with Crippen LogP contribution in [0.3, 0.4) is 0 Å². The summed E-state index contributed by atoms with van der Waals surface area (Å²) >= 11 is 6.06. The Balaban J connectivity index is 2.03. The largest absolute Gasteiger partial charge is 0.471 e. The third-order valence-corrected chi connectivity index (χ3v) is 2.91. The lowest BCUT2D eigenvalue weighted by atomic mass is 10.2. The molecule has 0 aromatic carbocycles. The Morgan fingerprint density at radius 3 is 3.21 bits per heavy atom. The summed E-state index contributed by atoms with van der Waals surface area (Å²) in [7, 11) is 0. The number of hydrogen-bond acceptors (Lipinski definition) is 4. The van der Waals surface area contributed by atoms with Crippen LogP contribution in [0.25, 0.3) is 0 Å². The Morgan fingerprint density at radius 1 is 1.74 bits per heavy atom. The van der Waals surface area contributed by atoms with Gasteiger partial charge in [-0.1, -0.05) is 17.7 Å². The number of hydrogen-bond donors (Lipinski definition) is 1. The zero-order valence-electron chi connectivity index (χ0n) is 10.4. The van der Waals surface area contributed by atoms with Gasteiger partial charge >= 0.3 is 0 Å². The van der Waals surface area contributed by atoms with Crippen LogP contribution < -0.4 is 10.1 Å². The molecule has 0 aliphatic carbocycles. The molecule has 2 heterocycles. The van der Waals surface area contributed by atoms with Gasteiger partial charge in [0.2, 0.25) is 5.88 Å². The Kier molecular flexibility index (Phi) is 4.76. The molecule has 1 aromatic heterocycles. The van der Waals surface area contributed by atoms with Crippen LogP contribution >= 0.6 is 11.6 Å². The van der Waals surface area contributed by atoms with E-state index in [0.29, 0.717) is 36.2 Å². The lowest BCUT2D eigenvalue weighted by Crippen LogP contribution is -2.23. The number of aromatic nitrogens is 1. The van der Waals surface area contributed by atoms with E-state index in [0.717, 1.165) is 6.42 Å². The first-order valence-corrected chi connectivity index (χ1v) is 6.37. The molecule has 2 rings (SSSR count). The standard InChI is InChI=1S/C13H15ClN2O3/c1-2-4-15-12(17)9-6-11(14)13(16-7-9)19-10-3-5-18-8-10/h2,6-7,10H,1,3-5,8H2,(H,15,17). The van der Waals surface area contributed by atoms with Gasteiger partial charge < -0.3 is 14.8 Å². The maximum absolute atomic E-state index is 11.7. The van der Waals surface area contributed by atoms with E-state index in [1.807, 2.05) is 0 Å². The number of pyridine rings is 1. The lowest BCUT2D eigenvalue weighted by molar-refractivity contribution is 0.0957. The van der Waals surface area contributed by atoms with Crippen LogP contribution in [0.4, 0.5) is 0 Å². The highest BCUT2D eigenvalue weighted by Gasteiger charge is 2.19. The Bertz CT molecular complexity index is 473. The van der Waals surface area contributed by atoms with Crippen LogP contribution in [-0.2, 0) is 4.74 Å². The van der Waals surface area contributed by atoms with E-state index < -0.39 is 0 Å². The van der Waals surface area contributed by atoms with Crippen molar-refractivity contribution in [1.29, 1.82) is 0 Å². The van der Waals surface area contributed by atoms with E-state index >= 15 is 0 Å². The quantitative estimate of drug-likeness (QED) is 0.837. The highest BCUT2D eigenvalue weighted by Crippen LogP contribution is 2.25. The number of ether oxygens (including phenoxy) is 2. The molecule has 0 bridgehead atoms. The second-order valence-electron chi connectivity index (χ2n) is 4.11. The zero-order chi connectivity index (χ0) is 13.7. The summed E-state index contributed by atoms with van der Waals surface area (Å²) in [4.78, 5) is 15.8. The van der Waals surface area contributed by atoms with Gasteiger partial charge in [0.15, 0.2) is 0 Å². The van der Waals surface area contributed by atoms with Crippen molar-refractivity contribution in [3.63, 3.8) is 0 Å². The van der Waals surface area contributed by atoms with Crippen molar-refractivity contribution in [2.45, 2.75) is 12.5 Å². The predicted molar refractivity (Wildman–Crippen MR) is 71.6 cm³/mol. The Hall–Kier alpha value is -1.59. The number of amides is 1. The first kappa shape index (κ1) is 13.8. The molecule has 1 amide bonds. The SMILES string of the molecule is C=CCNC(=O)c1cnc(OC2CCOC2)c(Cl)c1. The summed E-state index contributed by atoms with van der Waals surface area (Å²) in [5, 5.41) is 2.97. The summed E-state index contributed by atoms with van der Waals surface area (Å²) in [5.41, 5.74) is 0.391. The highest BCUT2D eigenvalue weighted by atomic mass is 35.5. The second kappa shape index (κ2) is 6.54. The Morgan fingerprint density at radius 2 is 2.58 bits per heavy atom. The minimum Gasteiger partial charge on any atom is -0.471 e. The first-order valence-electron chi connectivity index (χ1n) is 5.99. The van der Waals surface area contributed by atoms with Crippen LogP contribution in [0.1, 0.15) is 16.8 Å². The second-order valence-corrected chi connectivity index (χ2v) is 4.52. The third kappa shape index (κ3) is 3.68. The molecule has 1 unspecified atom stereocenters. The van der Waals surface area contributed by atoms with E-state index in [2.05, 4.69) is 16.9 Å². The van der Waals surface area contributed by atoms with Crippen molar-refractivity contribution >= 4 is 17.5 Å². The molecule has 1 N–H and O–H groups in total. The molecule has 5 nitrogen and oxygen atoms in total. The van der Waals surface area contributed by atoms with Gasteiger partial charge in [-0.2, -0.15) is 0 Å². The number of nitrogens with one attached hydrogen (secondary N) is 1. The van der Waals surface area contributed by atoms with Crippen molar-refractivity contribution in [2.75, 3.05) is 19.8 Å². The topological polar surface area (TPSA) is 60.5 Å². The van der Waals surface area contributed by atoms with Crippen molar-refractivity contribution < 1.29 is 14.3 Å². The normalized spacial score (nSPS) is 18.1. The van der Waals surface area contributed by atoms with Crippen LogP contribution in [0.15, 0.2) is 24.9 Å². The zero-order valence-corrected chi connectivity index (χ0v) is 11.2. The van der Waals surface area contributed by atoms with Crippen molar-refractivity contribution in [1.82, 2.24) is 10.3 Å². The van der Waals surface area contributed by atoms with Crippen LogP contribution in [-0.4, -0.2) is 36.8 Å². The summed E-state index contributed by atoms with van der Waals surface area (Å²) < 4.78 is 10.8. The van der Waals surface area contributed by atoms with Gasteiger partial charge in [-0.05, 0) is 6.07 Å². The summed E-state index contributed by atoms with van der Waals surface area (Å²) in [6.07, 6.45) is 3.84. The molecule has 1 aliphatic heterocycles. The highest BCUT2D eigenvalue weighted by molar-refractivity contribution is 6.32. The molecule has 19 heavy (non-hydrogen) atoms. The minimum absolute atomic E-state index is 0.0227. The van der Waals surface area contributed by atoms with Gasteiger partial charge in [0.1, 0.15) is 11.1 Å². The Labute approximate surface area is 116 Å². The number of carbonyl (C=O) groups is 1. The number of rotatable bonds is 5. The van der Waals surface area contributed by atoms with E-state index in [9.17, 15) is 4.79 Å². The molecule has 1 saturated heterocycles. The predicted octanol–water partition coefficient (Wildman–Crippen LogP) is 1.82. The maximum Gasteiger partial charge on any atom is 0.253 e. The van der Waals surface area contributed by atoms with Gasteiger partial charge in [0.25, 0.3) is 5.91 Å². The third-order valence-electron chi connectivity index (χ3n) is 2.64. The van der Waals surface area contributed by atoms with Crippen molar-refractivity contribution in [2.24, 2.45) is 0 Å². The van der Waals surface area contributed by atoms with Gasteiger partial charge in [-0.3, -0.25) is 4.79 Å². The maximum atomic E-state index is 11.7. The molecule has 1 aromatic rings. The van der Waals surface area contributed by atoms with E-state index in [-0.39, 0.29) is 12.0 Å². The minimum atomic E-state index is -0.245. The molecule has 1 atom stereocenters. The molecular formula is C13H15ClN2O3. The summed E-state index contributed by atoms with van der Waals surface area (Å²) in [6, 6.07) is 1.54. The fourth-order valence-corrected chi connectivity index (χ4v) is 1.88. The van der Waals surface area contributed by atoms with Gasteiger partial charge in [-0.15, -0.1) is 6.58 Å². The molecule has 0 radical (unpaired) electrons. The van der Waals surface area contributed by atoms with Crippen LogP contribution in [0.5, 0.6) is 5.88 Å². The average molecular weight is 283 g/mol. The van der Waals surface area contributed by atoms with E-state index in [1.165, 1.54) is 12.3 Å². The lowest BCUT2D eigenvalue weighted by Gasteiger charge is -2.12.